The molecule has 2 rings (SSSR count). The van der Waals surface area contributed by atoms with Gasteiger partial charge in [-0.15, -0.1) is 0 Å². The molecule has 0 unspecified atom stereocenters. The monoisotopic (exact) mass is 370 g/mol. The topological polar surface area (TPSA) is 70.6 Å². The summed E-state index contributed by atoms with van der Waals surface area (Å²) in [6, 6.07) is 12.7. The van der Waals surface area contributed by atoms with Gasteiger partial charge < -0.3 is 15.2 Å². The first-order chi connectivity index (χ1) is 12.4. The van der Waals surface area contributed by atoms with E-state index in [0.717, 1.165) is 5.56 Å². The predicted octanol–water partition coefficient (Wildman–Crippen LogP) is 4.05. The van der Waals surface area contributed by atoms with Crippen molar-refractivity contribution in [3.63, 3.8) is 0 Å². The van der Waals surface area contributed by atoms with Crippen LogP contribution >= 0.6 is 12.2 Å². The molecule has 0 saturated carbocycles. The Kier molecular flexibility index (Phi) is 6.74. The molecular formula is C20H22N2O3S. The lowest BCUT2D eigenvalue weighted by atomic mass is 10.0. The number of anilines is 1. The van der Waals surface area contributed by atoms with Gasteiger partial charge >= 0.3 is 0 Å². The average Bonchev–Trinajstić information content (AvgIpc) is 2.62. The predicted molar refractivity (Wildman–Crippen MR) is 109 cm³/mol. The summed E-state index contributed by atoms with van der Waals surface area (Å²) >= 11 is 5.10. The first-order valence-electron chi connectivity index (χ1n) is 8.16. The van der Waals surface area contributed by atoms with Crippen LogP contribution < -0.4 is 15.4 Å². The minimum Gasteiger partial charge on any atom is -0.506 e. The lowest BCUT2D eigenvalue weighted by Crippen LogP contribution is -2.32. The molecule has 0 aliphatic rings. The second-order valence-electron chi connectivity index (χ2n) is 5.98. The summed E-state index contributed by atoms with van der Waals surface area (Å²) in [5.41, 5.74) is 2.52. The highest BCUT2D eigenvalue weighted by molar-refractivity contribution is 7.80. The highest BCUT2D eigenvalue weighted by Crippen LogP contribution is 2.27. The molecule has 2 aromatic rings. The van der Waals surface area contributed by atoms with Crippen LogP contribution in [0.5, 0.6) is 11.5 Å². The molecule has 0 radical (unpaired) electrons. The molecule has 5 nitrogen and oxygen atoms in total. The molecule has 0 fully saturated rings. The van der Waals surface area contributed by atoms with Crippen molar-refractivity contribution < 1.29 is 14.6 Å². The molecule has 6 heteroatoms. The Labute approximate surface area is 158 Å². The molecule has 0 bridgehead atoms. The smallest absolute Gasteiger partial charge is 0.250 e. The molecule has 3 N–H and O–H groups in total. The number of ether oxygens (including phenoxy) is 1. The highest BCUT2D eigenvalue weighted by Gasteiger charge is 2.07. The molecule has 0 atom stereocenters. The van der Waals surface area contributed by atoms with Crippen LogP contribution in [-0.2, 0) is 4.79 Å². The fourth-order valence-corrected chi connectivity index (χ4v) is 2.42. The van der Waals surface area contributed by atoms with E-state index in [9.17, 15) is 9.90 Å². The normalized spacial score (nSPS) is 10.8. The number of rotatable bonds is 5. The largest absolute Gasteiger partial charge is 0.506 e. The third kappa shape index (κ3) is 5.60. The molecule has 2 aromatic carbocycles. The number of hydrogen-bond acceptors (Lipinski definition) is 4. The lowest BCUT2D eigenvalue weighted by Gasteiger charge is -2.11. The molecule has 136 valence electrons. The second-order valence-corrected chi connectivity index (χ2v) is 6.39. The van der Waals surface area contributed by atoms with Gasteiger partial charge in [0, 0.05) is 12.1 Å². The quantitative estimate of drug-likeness (QED) is 0.421. The van der Waals surface area contributed by atoms with Gasteiger partial charge in [-0.05, 0) is 47.5 Å². The number of phenolic OH excluding ortho intramolecular Hbond substituents is 1. The number of carbonyl (C=O) groups excluding carboxylic acids is 1. The molecule has 26 heavy (non-hydrogen) atoms. The molecule has 0 spiro atoms. The summed E-state index contributed by atoms with van der Waals surface area (Å²) < 4.78 is 5.09. The van der Waals surface area contributed by atoms with Crippen LogP contribution in [0.2, 0.25) is 0 Å². The third-order valence-corrected chi connectivity index (χ3v) is 3.92. The van der Waals surface area contributed by atoms with Crippen molar-refractivity contribution in [1.29, 1.82) is 0 Å². The molecule has 0 aliphatic heterocycles. The number of hydrogen-bond donors (Lipinski definition) is 3. The van der Waals surface area contributed by atoms with Crippen LogP contribution in [0.3, 0.4) is 0 Å². The Bertz CT molecular complexity index is 814. The van der Waals surface area contributed by atoms with E-state index < -0.39 is 0 Å². The SMILES string of the molecule is COc1ccc(O)c(NC(=S)NC(=O)/C=C/c2ccc(C(C)C)cc2)c1. The molecule has 1 amide bonds. The zero-order valence-corrected chi connectivity index (χ0v) is 15.8. The second kappa shape index (κ2) is 9.01. The third-order valence-electron chi connectivity index (χ3n) is 3.72. The van der Waals surface area contributed by atoms with Gasteiger partial charge in [0.05, 0.1) is 12.8 Å². The maximum absolute atomic E-state index is 12.0. The summed E-state index contributed by atoms with van der Waals surface area (Å²) in [4.78, 5) is 12.0. The van der Waals surface area contributed by atoms with Crippen LogP contribution in [0.4, 0.5) is 5.69 Å². The van der Waals surface area contributed by atoms with E-state index in [1.807, 2.05) is 24.3 Å². The van der Waals surface area contributed by atoms with Crippen molar-refractivity contribution >= 4 is 35.0 Å². The Morgan fingerprint density at radius 3 is 2.50 bits per heavy atom. The van der Waals surface area contributed by atoms with E-state index in [-0.39, 0.29) is 16.8 Å². The minimum atomic E-state index is -0.363. The van der Waals surface area contributed by atoms with Crippen LogP contribution in [-0.4, -0.2) is 23.2 Å². The van der Waals surface area contributed by atoms with E-state index in [0.29, 0.717) is 17.4 Å². The number of aromatic hydroxyl groups is 1. The van der Waals surface area contributed by atoms with Gasteiger partial charge in [-0.1, -0.05) is 38.1 Å². The number of benzene rings is 2. The maximum Gasteiger partial charge on any atom is 0.250 e. The number of thiocarbonyl (C=S) groups is 1. The number of phenols is 1. The summed E-state index contributed by atoms with van der Waals surface area (Å²) in [7, 11) is 1.52. The first-order valence-corrected chi connectivity index (χ1v) is 8.57. The highest BCUT2D eigenvalue weighted by atomic mass is 32.1. The fourth-order valence-electron chi connectivity index (χ4n) is 2.21. The Hall–Kier alpha value is -2.86. The Morgan fingerprint density at radius 2 is 1.88 bits per heavy atom. The van der Waals surface area contributed by atoms with Gasteiger partial charge in [0.2, 0.25) is 5.91 Å². The molecular weight excluding hydrogens is 348 g/mol. The van der Waals surface area contributed by atoms with E-state index in [4.69, 9.17) is 17.0 Å². The Balaban J connectivity index is 1.93. The van der Waals surface area contributed by atoms with Crippen LogP contribution in [0.15, 0.2) is 48.5 Å². The van der Waals surface area contributed by atoms with Gasteiger partial charge in [-0.25, -0.2) is 0 Å². The molecule has 0 aliphatic carbocycles. The molecule has 0 saturated heterocycles. The lowest BCUT2D eigenvalue weighted by molar-refractivity contribution is -0.115. The van der Waals surface area contributed by atoms with Crippen molar-refractivity contribution in [3.05, 3.63) is 59.7 Å². The molecule has 0 aromatic heterocycles. The number of amides is 1. The zero-order chi connectivity index (χ0) is 19.1. The number of nitrogens with one attached hydrogen (secondary N) is 2. The van der Waals surface area contributed by atoms with Crippen molar-refractivity contribution in [3.8, 4) is 11.5 Å². The van der Waals surface area contributed by atoms with Crippen LogP contribution in [0, 0.1) is 0 Å². The Morgan fingerprint density at radius 1 is 1.19 bits per heavy atom. The maximum atomic E-state index is 12.0. The minimum absolute atomic E-state index is 0.00295. The first kappa shape index (κ1) is 19.5. The van der Waals surface area contributed by atoms with Crippen LogP contribution in [0.1, 0.15) is 30.9 Å². The van der Waals surface area contributed by atoms with Crippen molar-refractivity contribution in [2.75, 3.05) is 12.4 Å². The summed E-state index contributed by atoms with van der Waals surface area (Å²) in [6.45, 7) is 4.26. The number of carbonyl (C=O) groups is 1. The van der Waals surface area contributed by atoms with Gasteiger partial charge in [-0.2, -0.15) is 0 Å². The summed E-state index contributed by atoms with van der Waals surface area (Å²) in [5.74, 6) is 0.665. The van der Waals surface area contributed by atoms with Gasteiger partial charge in [0.1, 0.15) is 11.5 Å². The van der Waals surface area contributed by atoms with Gasteiger partial charge in [0.25, 0.3) is 0 Å². The number of methoxy groups -OCH3 is 1. The van der Waals surface area contributed by atoms with E-state index >= 15 is 0 Å². The fraction of sp³-hybridized carbons (Fsp3) is 0.200. The average molecular weight is 370 g/mol. The van der Waals surface area contributed by atoms with Crippen molar-refractivity contribution in [2.24, 2.45) is 0 Å². The van der Waals surface area contributed by atoms with E-state index in [1.165, 1.54) is 24.8 Å². The van der Waals surface area contributed by atoms with Gasteiger partial charge in [0.15, 0.2) is 5.11 Å². The molecule has 0 heterocycles. The van der Waals surface area contributed by atoms with E-state index in [1.54, 1.807) is 18.2 Å². The van der Waals surface area contributed by atoms with Crippen LogP contribution in [0.25, 0.3) is 6.08 Å². The zero-order valence-electron chi connectivity index (χ0n) is 14.9. The summed E-state index contributed by atoms with van der Waals surface area (Å²) in [6.07, 6.45) is 3.12. The standard InChI is InChI=1S/C20H22N2O3S/c1-13(2)15-7-4-14(5-8-15)6-11-19(24)22-20(26)21-17-12-16(25-3)9-10-18(17)23/h4-13,23H,1-3H3,(H2,21,22,24,26)/b11-6+. The van der Waals surface area contributed by atoms with Crippen molar-refractivity contribution in [1.82, 2.24) is 5.32 Å². The van der Waals surface area contributed by atoms with Gasteiger partial charge in [-0.3, -0.25) is 10.1 Å². The van der Waals surface area contributed by atoms with E-state index in [2.05, 4.69) is 24.5 Å². The summed E-state index contributed by atoms with van der Waals surface area (Å²) in [5, 5.41) is 15.2. The van der Waals surface area contributed by atoms with Crippen molar-refractivity contribution in [2.45, 2.75) is 19.8 Å².